The lowest BCUT2D eigenvalue weighted by Crippen LogP contribution is -2.49. The number of hydrogen-bond acceptors (Lipinski definition) is 3. The van der Waals surface area contributed by atoms with E-state index in [1.54, 1.807) is 4.90 Å². The van der Waals surface area contributed by atoms with E-state index in [0.29, 0.717) is 19.8 Å². The van der Waals surface area contributed by atoms with E-state index in [-0.39, 0.29) is 30.4 Å². The molecule has 2 aliphatic heterocycles. The zero-order valence-electron chi connectivity index (χ0n) is 17.8. The smallest absolute Gasteiger partial charge is 0.381 e. The molecule has 1 atom stereocenters. The quantitative estimate of drug-likeness (QED) is 0.684. The zero-order valence-corrected chi connectivity index (χ0v) is 18.6. The maximum absolute atomic E-state index is 13.3. The van der Waals surface area contributed by atoms with Gasteiger partial charge < -0.3 is 15.0 Å². The van der Waals surface area contributed by atoms with Gasteiger partial charge in [-0.05, 0) is 47.6 Å². The Hall–Kier alpha value is -2.58. The van der Waals surface area contributed by atoms with Crippen molar-refractivity contribution in [1.82, 2.24) is 10.2 Å². The van der Waals surface area contributed by atoms with Gasteiger partial charge in [0.05, 0.1) is 17.0 Å². The van der Waals surface area contributed by atoms with E-state index in [4.69, 9.17) is 16.3 Å². The van der Waals surface area contributed by atoms with Crippen LogP contribution in [0.3, 0.4) is 0 Å². The van der Waals surface area contributed by atoms with Crippen molar-refractivity contribution in [1.29, 1.82) is 0 Å². The highest BCUT2D eigenvalue weighted by Gasteiger charge is 2.38. The van der Waals surface area contributed by atoms with Gasteiger partial charge >= 0.3 is 6.18 Å². The molecule has 9 heteroatoms. The van der Waals surface area contributed by atoms with Crippen molar-refractivity contribution in [2.75, 3.05) is 19.8 Å². The average Bonchev–Trinajstić information content (AvgIpc) is 2.78. The topological polar surface area (TPSA) is 58.6 Å². The Morgan fingerprint density at radius 1 is 1.15 bits per heavy atom. The van der Waals surface area contributed by atoms with Crippen molar-refractivity contribution in [2.45, 2.75) is 38.0 Å². The largest absolute Gasteiger partial charge is 0.417 e. The molecule has 4 rings (SSSR count). The van der Waals surface area contributed by atoms with Crippen LogP contribution in [0.2, 0.25) is 5.02 Å². The third kappa shape index (κ3) is 5.33. The van der Waals surface area contributed by atoms with Crippen molar-refractivity contribution in [2.24, 2.45) is 5.92 Å². The number of hydrogen-bond donors (Lipinski definition) is 1. The Morgan fingerprint density at radius 3 is 2.61 bits per heavy atom. The molecule has 176 valence electrons. The standard InChI is InChI=1S/C24H24ClF3N2O3/c25-20-6-5-16(11-19(20)24(26,27)28)13-29-23(32)22-18-4-2-1-3-17(18)12-21(31)30(22)14-15-7-9-33-10-8-15/h1-6,11,15,22H,7-10,12-14H2,(H,29,32). The minimum Gasteiger partial charge on any atom is -0.381 e. The molecule has 1 N–H and O–H groups in total. The highest BCUT2D eigenvalue weighted by molar-refractivity contribution is 6.31. The summed E-state index contributed by atoms with van der Waals surface area (Å²) >= 11 is 5.69. The molecule has 33 heavy (non-hydrogen) atoms. The van der Waals surface area contributed by atoms with Crippen LogP contribution >= 0.6 is 11.6 Å². The summed E-state index contributed by atoms with van der Waals surface area (Å²) in [4.78, 5) is 27.9. The number of alkyl halides is 3. The molecule has 0 aromatic heterocycles. The lowest BCUT2D eigenvalue weighted by atomic mass is 9.89. The van der Waals surface area contributed by atoms with Crippen molar-refractivity contribution in [3.05, 3.63) is 69.7 Å². The normalized spacial score (nSPS) is 19.3. The van der Waals surface area contributed by atoms with Crippen LogP contribution in [0.4, 0.5) is 13.2 Å². The number of amides is 2. The van der Waals surface area contributed by atoms with Gasteiger partial charge in [-0.15, -0.1) is 0 Å². The molecule has 0 bridgehead atoms. The minimum atomic E-state index is -4.59. The van der Waals surface area contributed by atoms with Crippen molar-refractivity contribution in [3.8, 4) is 0 Å². The van der Waals surface area contributed by atoms with Gasteiger partial charge in [-0.2, -0.15) is 13.2 Å². The maximum atomic E-state index is 13.3. The first-order chi connectivity index (χ1) is 15.7. The fourth-order valence-corrected chi connectivity index (χ4v) is 4.65. The number of carbonyl (C=O) groups excluding carboxylic acids is 2. The highest BCUT2D eigenvalue weighted by Crippen LogP contribution is 2.36. The van der Waals surface area contributed by atoms with Crippen LogP contribution in [-0.4, -0.2) is 36.5 Å². The van der Waals surface area contributed by atoms with Crippen LogP contribution in [0.5, 0.6) is 0 Å². The number of fused-ring (bicyclic) bond motifs is 1. The molecule has 2 amide bonds. The fraction of sp³-hybridized carbons (Fsp3) is 0.417. The number of rotatable bonds is 5. The Labute approximate surface area is 194 Å². The lowest BCUT2D eigenvalue weighted by molar-refractivity contribution is -0.143. The number of nitrogens with zero attached hydrogens (tertiary/aromatic N) is 1. The number of nitrogens with one attached hydrogen (secondary N) is 1. The molecule has 1 saturated heterocycles. The van der Waals surface area contributed by atoms with E-state index >= 15 is 0 Å². The third-order valence-electron chi connectivity index (χ3n) is 6.17. The van der Waals surface area contributed by atoms with Crippen LogP contribution in [0, 0.1) is 5.92 Å². The first-order valence-corrected chi connectivity index (χ1v) is 11.2. The minimum absolute atomic E-state index is 0.114. The number of ether oxygens (including phenoxy) is 1. The Morgan fingerprint density at radius 2 is 1.88 bits per heavy atom. The van der Waals surface area contributed by atoms with Crippen LogP contribution in [-0.2, 0) is 33.5 Å². The Bertz CT molecular complexity index is 1040. The Kier molecular flexibility index (Phi) is 6.95. The van der Waals surface area contributed by atoms with Crippen molar-refractivity contribution in [3.63, 3.8) is 0 Å². The summed E-state index contributed by atoms with van der Waals surface area (Å²) in [5, 5.41) is 2.33. The first-order valence-electron chi connectivity index (χ1n) is 10.8. The molecule has 1 fully saturated rings. The number of benzene rings is 2. The van der Waals surface area contributed by atoms with E-state index in [0.717, 1.165) is 30.0 Å². The summed E-state index contributed by atoms with van der Waals surface area (Å²) < 4.78 is 44.9. The molecule has 1 unspecified atom stereocenters. The fourth-order valence-electron chi connectivity index (χ4n) is 4.42. The zero-order chi connectivity index (χ0) is 23.6. The maximum Gasteiger partial charge on any atom is 0.417 e. The van der Waals surface area contributed by atoms with Gasteiger partial charge in [0, 0.05) is 26.3 Å². The second-order valence-corrected chi connectivity index (χ2v) is 8.82. The van der Waals surface area contributed by atoms with Crippen LogP contribution < -0.4 is 5.32 Å². The van der Waals surface area contributed by atoms with E-state index in [2.05, 4.69) is 5.32 Å². The molecule has 0 saturated carbocycles. The van der Waals surface area contributed by atoms with Crippen LogP contribution in [0.1, 0.15) is 41.1 Å². The second-order valence-electron chi connectivity index (χ2n) is 8.41. The summed E-state index contributed by atoms with van der Waals surface area (Å²) in [5.74, 6) is -0.328. The second kappa shape index (κ2) is 9.73. The number of carbonyl (C=O) groups is 2. The van der Waals surface area contributed by atoms with Gasteiger partial charge in [0.1, 0.15) is 6.04 Å². The molecule has 0 spiro atoms. The van der Waals surface area contributed by atoms with Gasteiger partial charge in [-0.1, -0.05) is 41.9 Å². The van der Waals surface area contributed by atoms with Crippen LogP contribution in [0.15, 0.2) is 42.5 Å². The number of halogens is 4. The van der Waals surface area contributed by atoms with Gasteiger partial charge in [-0.25, -0.2) is 0 Å². The van der Waals surface area contributed by atoms with Gasteiger partial charge in [0.25, 0.3) is 0 Å². The molecular formula is C24H24ClF3N2O3. The van der Waals surface area contributed by atoms with E-state index in [1.807, 2.05) is 24.3 Å². The van der Waals surface area contributed by atoms with E-state index in [9.17, 15) is 22.8 Å². The first kappa shape index (κ1) is 23.6. The van der Waals surface area contributed by atoms with Gasteiger partial charge in [0.15, 0.2) is 0 Å². The summed E-state index contributed by atoms with van der Waals surface area (Å²) in [5.41, 5.74) is 0.854. The molecule has 5 nitrogen and oxygen atoms in total. The molecule has 2 aliphatic rings. The monoisotopic (exact) mass is 480 g/mol. The molecular weight excluding hydrogens is 457 g/mol. The van der Waals surface area contributed by atoms with E-state index in [1.165, 1.54) is 12.1 Å². The van der Waals surface area contributed by atoms with Gasteiger partial charge in [-0.3, -0.25) is 9.59 Å². The van der Waals surface area contributed by atoms with Crippen molar-refractivity contribution < 1.29 is 27.5 Å². The molecule has 2 aromatic carbocycles. The third-order valence-corrected chi connectivity index (χ3v) is 6.50. The summed E-state index contributed by atoms with van der Waals surface area (Å²) in [6.07, 6.45) is -2.75. The molecule has 0 radical (unpaired) electrons. The summed E-state index contributed by atoms with van der Waals surface area (Å²) in [6.45, 7) is 1.57. The Balaban J connectivity index is 1.56. The van der Waals surface area contributed by atoms with Gasteiger partial charge in [0.2, 0.25) is 11.8 Å². The molecule has 2 heterocycles. The molecule has 2 aromatic rings. The van der Waals surface area contributed by atoms with Crippen molar-refractivity contribution >= 4 is 23.4 Å². The average molecular weight is 481 g/mol. The predicted octanol–water partition coefficient (Wildman–Crippen LogP) is 4.53. The highest BCUT2D eigenvalue weighted by atomic mass is 35.5. The predicted molar refractivity (Wildman–Crippen MR) is 116 cm³/mol. The summed E-state index contributed by atoms with van der Waals surface area (Å²) in [7, 11) is 0. The van der Waals surface area contributed by atoms with E-state index < -0.39 is 28.7 Å². The SMILES string of the molecule is O=C(NCc1ccc(Cl)c(C(F)(F)F)c1)C1c2ccccc2CC(=O)N1CC1CCOCC1. The lowest BCUT2D eigenvalue weighted by Gasteiger charge is -2.39. The summed E-state index contributed by atoms with van der Waals surface area (Å²) in [6, 6.07) is 10.0. The molecule has 0 aliphatic carbocycles. The van der Waals surface area contributed by atoms with Crippen LogP contribution in [0.25, 0.3) is 0 Å².